The van der Waals surface area contributed by atoms with Crippen molar-refractivity contribution in [3.8, 4) is 0 Å². The number of piperidine rings is 1. The van der Waals surface area contributed by atoms with Crippen LogP contribution in [0, 0.1) is 11.7 Å². The minimum Gasteiger partial charge on any atom is -0.351 e. The Morgan fingerprint density at radius 3 is 2.43 bits per heavy atom. The van der Waals surface area contributed by atoms with Crippen LogP contribution in [0.15, 0.2) is 29.2 Å². The molecule has 158 valence electrons. The number of nitrogens with one attached hydrogen (secondary N) is 2. The molecule has 28 heavy (non-hydrogen) atoms. The molecule has 0 bridgehead atoms. The topological polar surface area (TPSA) is 113 Å². The Balaban J connectivity index is 2.13. The van der Waals surface area contributed by atoms with Crippen molar-refractivity contribution in [1.29, 1.82) is 0 Å². The van der Waals surface area contributed by atoms with E-state index in [1.807, 2.05) is 0 Å². The number of amides is 1. The monoisotopic (exact) mass is 435 g/mol. The maximum absolute atomic E-state index is 13.9. The number of rotatable bonds is 7. The van der Waals surface area contributed by atoms with E-state index in [1.165, 1.54) is 16.4 Å². The molecule has 1 heterocycles. The summed E-state index contributed by atoms with van der Waals surface area (Å²) in [5.74, 6) is -1.89. The molecule has 0 saturated carbocycles. The summed E-state index contributed by atoms with van der Waals surface area (Å²) in [6.07, 6.45) is 2.28. The second kappa shape index (κ2) is 8.85. The Labute approximate surface area is 165 Å². The first-order chi connectivity index (χ1) is 12.9. The fourth-order valence-corrected chi connectivity index (χ4v) is 5.37. The van der Waals surface area contributed by atoms with Crippen LogP contribution >= 0.6 is 0 Å². The van der Waals surface area contributed by atoms with Gasteiger partial charge >= 0.3 is 0 Å². The number of hydrogen-bond donors (Lipinski definition) is 2. The zero-order valence-electron chi connectivity index (χ0n) is 16.1. The van der Waals surface area contributed by atoms with Crippen LogP contribution in [0.25, 0.3) is 0 Å². The second-order valence-electron chi connectivity index (χ2n) is 7.24. The van der Waals surface area contributed by atoms with Gasteiger partial charge in [-0.2, -0.15) is 4.72 Å². The number of halogens is 1. The third-order valence-corrected chi connectivity index (χ3v) is 7.30. The predicted octanol–water partition coefficient (Wildman–Crippen LogP) is 0.669. The number of carbonyl (C=O) groups is 1. The van der Waals surface area contributed by atoms with Gasteiger partial charge in [0.25, 0.3) is 0 Å². The van der Waals surface area contributed by atoms with E-state index in [-0.39, 0.29) is 6.54 Å². The van der Waals surface area contributed by atoms with E-state index in [2.05, 4.69) is 10.0 Å². The van der Waals surface area contributed by atoms with Crippen molar-refractivity contribution < 1.29 is 26.0 Å². The smallest absolute Gasteiger partial charge is 0.244 e. The molecule has 1 aliphatic heterocycles. The zero-order chi connectivity index (χ0) is 21.1. The SMILES string of the molecule is CC(C)[C@H](NS(=O)(=O)c1ccccc1F)C(=O)NC1CCCN(S(C)(=O)=O)C1. The average Bonchev–Trinajstić information content (AvgIpc) is 2.59. The van der Waals surface area contributed by atoms with Gasteiger partial charge in [-0.05, 0) is 30.9 Å². The Morgan fingerprint density at radius 2 is 1.86 bits per heavy atom. The fourth-order valence-electron chi connectivity index (χ4n) is 3.04. The zero-order valence-corrected chi connectivity index (χ0v) is 17.7. The van der Waals surface area contributed by atoms with Gasteiger partial charge in [-0.15, -0.1) is 0 Å². The van der Waals surface area contributed by atoms with Crippen LogP contribution in [0.3, 0.4) is 0 Å². The van der Waals surface area contributed by atoms with Gasteiger partial charge in [-0.3, -0.25) is 4.79 Å². The van der Waals surface area contributed by atoms with Gasteiger partial charge in [0.2, 0.25) is 26.0 Å². The molecule has 2 atom stereocenters. The van der Waals surface area contributed by atoms with Crippen molar-refractivity contribution in [3.63, 3.8) is 0 Å². The molecule has 0 aromatic heterocycles. The lowest BCUT2D eigenvalue weighted by Gasteiger charge is -2.32. The van der Waals surface area contributed by atoms with Crippen LogP contribution in [0.4, 0.5) is 4.39 Å². The lowest BCUT2D eigenvalue weighted by molar-refractivity contribution is -0.124. The van der Waals surface area contributed by atoms with Crippen molar-refractivity contribution in [2.24, 2.45) is 5.92 Å². The first kappa shape index (κ1) is 22.7. The molecule has 2 N–H and O–H groups in total. The van der Waals surface area contributed by atoms with E-state index in [1.54, 1.807) is 13.8 Å². The van der Waals surface area contributed by atoms with Gasteiger partial charge in [-0.1, -0.05) is 26.0 Å². The minimum absolute atomic E-state index is 0.134. The summed E-state index contributed by atoms with van der Waals surface area (Å²) in [5, 5.41) is 2.73. The van der Waals surface area contributed by atoms with Crippen molar-refractivity contribution in [2.75, 3.05) is 19.3 Å². The molecule has 8 nitrogen and oxygen atoms in total. The van der Waals surface area contributed by atoms with E-state index >= 15 is 0 Å². The van der Waals surface area contributed by atoms with E-state index in [4.69, 9.17) is 0 Å². The van der Waals surface area contributed by atoms with Gasteiger partial charge < -0.3 is 5.32 Å². The lowest BCUT2D eigenvalue weighted by atomic mass is 10.0. The van der Waals surface area contributed by atoms with Gasteiger partial charge in [-0.25, -0.2) is 25.5 Å². The minimum atomic E-state index is -4.25. The third-order valence-electron chi connectivity index (χ3n) is 4.56. The molecule has 1 aromatic rings. The van der Waals surface area contributed by atoms with Crippen molar-refractivity contribution in [2.45, 2.75) is 43.7 Å². The summed E-state index contributed by atoms with van der Waals surface area (Å²) in [6, 6.07) is 3.37. The first-order valence-electron chi connectivity index (χ1n) is 8.94. The molecule has 0 radical (unpaired) electrons. The highest BCUT2D eigenvalue weighted by Gasteiger charge is 2.33. The molecule has 1 aliphatic rings. The van der Waals surface area contributed by atoms with Crippen LogP contribution in [0.2, 0.25) is 0 Å². The Bertz CT molecular complexity index is 918. The van der Waals surface area contributed by atoms with Crippen molar-refractivity contribution in [1.82, 2.24) is 14.3 Å². The van der Waals surface area contributed by atoms with Crippen LogP contribution in [0.1, 0.15) is 26.7 Å². The number of nitrogens with zero attached hydrogens (tertiary/aromatic N) is 1. The second-order valence-corrected chi connectivity index (χ2v) is 10.9. The van der Waals surface area contributed by atoms with E-state index in [0.717, 1.165) is 18.4 Å². The summed E-state index contributed by atoms with van der Waals surface area (Å²) in [6.45, 7) is 3.85. The number of hydrogen-bond acceptors (Lipinski definition) is 5. The van der Waals surface area contributed by atoms with E-state index in [9.17, 15) is 26.0 Å². The molecule has 1 aromatic carbocycles. The summed E-state index contributed by atoms with van der Waals surface area (Å²) in [7, 11) is -7.62. The summed E-state index contributed by atoms with van der Waals surface area (Å²) in [5.41, 5.74) is 0. The Morgan fingerprint density at radius 1 is 1.21 bits per heavy atom. The molecule has 11 heteroatoms. The molecular weight excluding hydrogens is 409 g/mol. The number of sulfonamides is 2. The molecule has 2 rings (SSSR count). The molecule has 0 spiro atoms. The van der Waals surface area contributed by atoms with Crippen LogP contribution in [-0.4, -0.2) is 58.5 Å². The number of benzene rings is 1. The molecular formula is C17H26FN3O5S2. The standard InChI is InChI=1S/C17H26FN3O5S2/c1-12(2)16(20-28(25,26)15-9-5-4-8-14(15)18)17(22)19-13-7-6-10-21(11-13)27(3,23)24/h4-5,8-9,12-13,16,20H,6-7,10-11H2,1-3H3,(H,19,22)/t13?,16-/m0/s1. The maximum atomic E-state index is 13.9. The van der Waals surface area contributed by atoms with Gasteiger partial charge in [0.05, 0.1) is 6.26 Å². The Kier molecular flexibility index (Phi) is 7.18. The molecule has 1 fully saturated rings. The highest BCUT2D eigenvalue weighted by molar-refractivity contribution is 7.89. The summed E-state index contributed by atoms with van der Waals surface area (Å²) in [4.78, 5) is 12.2. The van der Waals surface area contributed by atoms with Crippen molar-refractivity contribution in [3.05, 3.63) is 30.1 Å². The molecule has 0 aliphatic carbocycles. The van der Waals surface area contributed by atoms with Gasteiger partial charge in [0.15, 0.2) is 0 Å². The quantitative estimate of drug-likeness (QED) is 0.654. The van der Waals surface area contributed by atoms with Crippen LogP contribution < -0.4 is 10.0 Å². The summed E-state index contributed by atoms with van der Waals surface area (Å²) < 4.78 is 65.9. The normalized spacial score (nSPS) is 20.1. The first-order valence-corrected chi connectivity index (χ1v) is 12.3. The van der Waals surface area contributed by atoms with Gasteiger partial charge in [0, 0.05) is 19.1 Å². The fraction of sp³-hybridized carbons (Fsp3) is 0.588. The molecule has 1 saturated heterocycles. The largest absolute Gasteiger partial charge is 0.351 e. The van der Waals surface area contributed by atoms with Crippen LogP contribution in [-0.2, 0) is 24.8 Å². The molecule has 1 unspecified atom stereocenters. The third kappa shape index (κ3) is 5.72. The van der Waals surface area contributed by atoms with E-state index < -0.39 is 54.7 Å². The lowest BCUT2D eigenvalue weighted by Crippen LogP contribution is -2.55. The summed E-state index contributed by atoms with van der Waals surface area (Å²) >= 11 is 0. The van der Waals surface area contributed by atoms with E-state index in [0.29, 0.717) is 19.4 Å². The average molecular weight is 436 g/mol. The number of carbonyl (C=O) groups excluding carboxylic acids is 1. The van der Waals surface area contributed by atoms with Crippen molar-refractivity contribution >= 4 is 26.0 Å². The highest BCUT2D eigenvalue weighted by Crippen LogP contribution is 2.17. The molecule has 1 amide bonds. The van der Waals surface area contributed by atoms with Crippen LogP contribution in [0.5, 0.6) is 0 Å². The highest BCUT2D eigenvalue weighted by atomic mass is 32.2. The van der Waals surface area contributed by atoms with Gasteiger partial charge in [0.1, 0.15) is 16.8 Å². The Hall–Kier alpha value is -1.56. The maximum Gasteiger partial charge on any atom is 0.244 e. The predicted molar refractivity (Wildman–Crippen MR) is 103 cm³/mol.